The van der Waals surface area contributed by atoms with Gasteiger partial charge in [0.1, 0.15) is 6.61 Å². The highest BCUT2D eigenvalue weighted by molar-refractivity contribution is 9.10. The van der Waals surface area contributed by atoms with Crippen molar-refractivity contribution in [3.05, 3.63) is 28.8 Å². The van der Waals surface area contributed by atoms with Crippen molar-refractivity contribution < 1.29 is 19.4 Å². The van der Waals surface area contributed by atoms with Gasteiger partial charge >= 0.3 is 12.1 Å². The molecule has 1 aromatic rings. The Morgan fingerprint density at radius 1 is 1.53 bits per heavy atom. The lowest BCUT2D eigenvalue weighted by atomic mass is 10.2. The minimum absolute atomic E-state index is 0.0481. The molecule has 2 heterocycles. The molecule has 2 rings (SSSR count). The van der Waals surface area contributed by atoms with Crippen LogP contribution in [0.15, 0.2) is 17.4 Å². The highest BCUT2D eigenvalue weighted by Crippen LogP contribution is 2.23. The Morgan fingerprint density at radius 3 is 2.89 bits per heavy atom. The second kappa shape index (κ2) is 5.43. The van der Waals surface area contributed by atoms with Crippen molar-refractivity contribution in [3.8, 4) is 0 Å². The Balaban J connectivity index is 2.20. The molecule has 19 heavy (non-hydrogen) atoms. The summed E-state index contributed by atoms with van der Waals surface area (Å²) in [6, 6.07) is 0. The predicted molar refractivity (Wildman–Crippen MR) is 68.8 cm³/mol. The minimum Gasteiger partial charge on any atom is -0.476 e. The van der Waals surface area contributed by atoms with Crippen molar-refractivity contribution in [1.29, 1.82) is 0 Å². The van der Waals surface area contributed by atoms with E-state index in [0.717, 1.165) is 0 Å². The number of carbonyl (C=O) groups is 2. The number of rotatable bonds is 3. The first-order valence-electron chi connectivity index (χ1n) is 5.55. The van der Waals surface area contributed by atoms with Crippen LogP contribution in [0.25, 0.3) is 0 Å². The molecule has 1 aliphatic rings. The van der Waals surface area contributed by atoms with E-state index in [-0.39, 0.29) is 18.8 Å². The number of hydrogen-bond acceptors (Lipinski definition) is 4. The molecule has 0 saturated carbocycles. The van der Waals surface area contributed by atoms with Crippen molar-refractivity contribution in [3.63, 3.8) is 0 Å². The van der Waals surface area contributed by atoms with Crippen molar-refractivity contribution in [2.75, 3.05) is 13.2 Å². The number of aromatic nitrogens is 2. The molecule has 8 heteroatoms. The molecule has 0 saturated heterocycles. The smallest absolute Gasteiger partial charge is 0.410 e. The van der Waals surface area contributed by atoms with Gasteiger partial charge in [-0.25, -0.2) is 14.6 Å². The quantitative estimate of drug-likeness (QED) is 0.849. The fourth-order valence-electron chi connectivity index (χ4n) is 1.87. The number of imidazole rings is 1. The zero-order valence-electron chi connectivity index (χ0n) is 10.0. The van der Waals surface area contributed by atoms with Crippen LogP contribution in [0.2, 0.25) is 0 Å². The summed E-state index contributed by atoms with van der Waals surface area (Å²) in [6.45, 7) is 4.67. The zero-order valence-corrected chi connectivity index (χ0v) is 11.6. The van der Waals surface area contributed by atoms with E-state index in [4.69, 9.17) is 9.84 Å². The minimum atomic E-state index is -1.12. The number of hydrogen-bond donors (Lipinski definition) is 1. The van der Waals surface area contributed by atoms with Gasteiger partial charge in [0.15, 0.2) is 10.4 Å². The molecule has 1 aliphatic heterocycles. The van der Waals surface area contributed by atoms with Gasteiger partial charge in [-0.05, 0) is 15.9 Å². The summed E-state index contributed by atoms with van der Waals surface area (Å²) in [5.41, 5.74) is 0.439. The van der Waals surface area contributed by atoms with E-state index in [1.165, 1.54) is 11.0 Å². The largest absolute Gasteiger partial charge is 0.476 e. The molecule has 7 nitrogen and oxygen atoms in total. The van der Waals surface area contributed by atoms with Gasteiger partial charge in [-0.1, -0.05) is 12.7 Å². The molecular weight excluding hydrogens is 318 g/mol. The van der Waals surface area contributed by atoms with Gasteiger partial charge < -0.3 is 19.3 Å². The summed E-state index contributed by atoms with van der Waals surface area (Å²) < 4.78 is 7.13. The number of aromatic carboxylic acids is 1. The van der Waals surface area contributed by atoms with Crippen LogP contribution in [0, 0.1) is 0 Å². The molecule has 1 aromatic heterocycles. The summed E-state index contributed by atoms with van der Waals surface area (Å²) in [5, 5.41) is 9.08. The van der Waals surface area contributed by atoms with Gasteiger partial charge in [-0.15, -0.1) is 0 Å². The highest BCUT2D eigenvalue weighted by Gasteiger charge is 2.29. The third-order valence-electron chi connectivity index (χ3n) is 2.75. The summed E-state index contributed by atoms with van der Waals surface area (Å²) >= 11 is 3.21. The maximum absolute atomic E-state index is 11.7. The normalized spacial score (nSPS) is 13.8. The number of carboxylic acid groups (broad SMARTS) is 1. The standard InChI is InChI=1S/C11H12BrN3O4/c1-2-5-19-11(18)14-3-4-15-7(6-14)8(9(16)17)13-10(15)12/h2H,1,3-6H2,(H,16,17). The number of halogens is 1. The predicted octanol–water partition coefficient (Wildman–Crippen LogP) is 1.48. The van der Waals surface area contributed by atoms with Gasteiger partial charge in [0.2, 0.25) is 0 Å². The molecule has 1 amide bonds. The summed E-state index contributed by atoms with van der Waals surface area (Å²) in [5.74, 6) is -1.12. The van der Waals surface area contributed by atoms with Crippen molar-refractivity contribution in [2.45, 2.75) is 13.1 Å². The van der Waals surface area contributed by atoms with Gasteiger partial charge in [0, 0.05) is 13.1 Å². The number of amides is 1. The number of ether oxygens (including phenoxy) is 1. The molecule has 1 N–H and O–H groups in total. The van der Waals surface area contributed by atoms with E-state index in [1.807, 2.05) is 0 Å². The average Bonchev–Trinajstić information content (AvgIpc) is 2.73. The molecule has 0 bridgehead atoms. The molecule has 0 radical (unpaired) electrons. The van der Waals surface area contributed by atoms with Crippen LogP contribution < -0.4 is 0 Å². The fourth-order valence-corrected chi connectivity index (χ4v) is 2.44. The lowest BCUT2D eigenvalue weighted by molar-refractivity contribution is 0.0683. The lowest BCUT2D eigenvalue weighted by Crippen LogP contribution is -2.39. The number of carboxylic acids is 1. The van der Waals surface area contributed by atoms with Crippen LogP contribution in [-0.4, -0.2) is 44.8 Å². The molecule has 0 fully saturated rings. The van der Waals surface area contributed by atoms with Gasteiger partial charge in [-0.3, -0.25) is 0 Å². The van der Waals surface area contributed by atoms with Crippen LogP contribution in [-0.2, 0) is 17.8 Å². The zero-order chi connectivity index (χ0) is 14.0. The van der Waals surface area contributed by atoms with E-state index in [0.29, 0.717) is 23.5 Å². The van der Waals surface area contributed by atoms with E-state index >= 15 is 0 Å². The van der Waals surface area contributed by atoms with Crippen molar-refractivity contribution >= 4 is 28.0 Å². The second-order valence-electron chi connectivity index (χ2n) is 3.92. The SMILES string of the molecule is C=CCOC(=O)N1CCn2c(Br)nc(C(=O)O)c2C1. The highest BCUT2D eigenvalue weighted by atomic mass is 79.9. The number of carbonyl (C=O) groups excluding carboxylic acids is 1. The molecule has 0 aliphatic carbocycles. The molecular formula is C11H12BrN3O4. The third kappa shape index (κ3) is 2.62. The van der Waals surface area contributed by atoms with Crippen molar-refractivity contribution in [2.24, 2.45) is 0 Å². The molecule has 0 aromatic carbocycles. The van der Waals surface area contributed by atoms with Crippen molar-refractivity contribution in [1.82, 2.24) is 14.5 Å². The summed E-state index contributed by atoms with van der Waals surface area (Å²) in [6.07, 6.45) is 0.991. The first-order chi connectivity index (χ1) is 9.04. The van der Waals surface area contributed by atoms with Gasteiger partial charge in [-0.2, -0.15) is 0 Å². The van der Waals surface area contributed by atoms with Crippen LogP contribution in [0.1, 0.15) is 16.2 Å². The summed E-state index contributed by atoms with van der Waals surface area (Å²) in [4.78, 5) is 28.2. The topological polar surface area (TPSA) is 84.7 Å². The second-order valence-corrected chi connectivity index (χ2v) is 4.63. The monoisotopic (exact) mass is 329 g/mol. The fraction of sp³-hybridized carbons (Fsp3) is 0.364. The molecule has 0 unspecified atom stereocenters. The maximum atomic E-state index is 11.7. The molecule has 102 valence electrons. The van der Waals surface area contributed by atoms with E-state index in [1.54, 1.807) is 4.57 Å². The van der Waals surface area contributed by atoms with Crippen LogP contribution in [0.5, 0.6) is 0 Å². The average molecular weight is 330 g/mol. The van der Waals surface area contributed by atoms with Gasteiger partial charge in [0.25, 0.3) is 0 Å². The summed E-state index contributed by atoms with van der Waals surface area (Å²) in [7, 11) is 0. The van der Waals surface area contributed by atoms with Crippen LogP contribution in [0.4, 0.5) is 4.79 Å². The van der Waals surface area contributed by atoms with E-state index in [2.05, 4.69) is 27.5 Å². The Bertz CT molecular complexity index is 540. The van der Waals surface area contributed by atoms with E-state index < -0.39 is 12.1 Å². The van der Waals surface area contributed by atoms with E-state index in [9.17, 15) is 9.59 Å². The molecule has 0 atom stereocenters. The maximum Gasteiger partial charge on any atom is 0.410 e. The Hall–Kier alpha value is -1.83. The third-order valence-corrected chi connectivity index (χ3v) is 3.35. The van der Waals surface area contributed by atoms with Crippen LogP contribution in [0.3, 0.4) is 0 Å². The lowest BCUT2D eigenvalue weighted by Gasteiger charge is -2.27. The van der Waals surface area contributed by atoms with Gasteiger partial charge in [0.05, 0.1) is 12.2 Å². The Kier molecular flexibility index (Phi) is 3.89. The number of nitrogens with zero attached hydrogens (tertiary/aromatic N) is 3. The first kappa shape index (κ1) is 13.6. The number of fused-ring (bicyclic) bond motifs is 1. The van der Waals surface area contributed by atoms with Crippen LogP contribution >= 0.6 is 15.9 Å². The molecule has 0 spiro atoms. The first-order valence-corrected chi connectivity index (χ1v) is 6.34. The Labute approximate surface area is 117 Å². The Morgan fingerprint density at radius 2 is 2.26 bits per heavy atom.